The Kier molecular flexibility index (Phi) is 4.65. The van der Waals surface area contributed by atoms with Crippen LogP contribution >= 0.6 is 0 Å². The smallest absolute Gasteiger partial charge is 0.320 e. The second-order valence-corrected chi connectivity index (χ2v) is 10.6. The molecule has 2 bridgehead atoms. The highest BCUT2D eigenvalue weighted by Gasteiger charge is 2.75. The monoisotopic (exact) mass is 446 g/mol. The molecular weight excluding hydrogens is 416 g/mol. The molecule has 0 amide bonds. The van der Waals surface area contributed by atoms with Crippen LogP contribution in [0.2, 0.25) is 0 Å². The second-order valence-electron chi connectivity index (χ2n) is 10.6. The molecule has 5 fully saturated rings. The molecule has 0 aromatic rings. The van der Waals surface area contributed by atoms with Crippen LogP contribution in [-0.4, -0.2) is 49.3 Å². The van der Waals surface area contributed by atoms with Gasteiger partial charge in [-0.1, -0.05) is 13.5 Å². The van der Waals surface area contributed by atoms with Gasteiger partial charge in [-0.3, -0.25) is 19.2 Å². The van der Waals surface area contributed by atoms with Gasteiger partial charge < -0.3 is 18.9 Å². The van der Waals surface area contributed by atoms with E-state index < -0.39 is 40.6 Å². The summed E-state index contributed by atoms with van der Waals surface area (Å²) < 4.78 is 23.1. The summed E-state index contributed by atoms with van der Waals surface area (Å²) in [5.74, 6) is -2.13. The number of rotatable bonds is 2. The lowest BCUT2D eigenvalue weighted by atomic mass is 9.44. The zero-order valence-corrected chi connectivity index (χ0v) is 18.8. The Morgan fingerprint density at radius 3 is 2.47 bits per heavy atom. The first-order valence-electron chi connectivity index (χ1n) is 11.4. The fourth-order valence-electron chi connectivity index (χ4n) is 7.87. The molecule has 3 aliphatic carbocycles. The van der Waals surface area contributed by atoms with E-state index in [1.165, 1.54) is 13.8 Å². The van der Waals surface area contributed by atoms with Crippen molar-refractivity contribution in [2.75, 3.05) is 13.2 Å². The number of carbonyl (C=O) groups excluding carboxylic acids is 4. The number of allylic oxidation sites excluding steroid dienone is 1. The molecule has 2 spiro atoms. The van der Waals surface area contributed by atoms with E-state index in [1.807, 2.05) is 6.92 Å². The minimum absolute atomic E-state index is 0.00862. The largest absolute Gasteiger partial charge is 0.464 e. The molecule has 3 saturated carbocycles. The lowest BCUT2D eigenvalue weighted by Gasteiger charge is -2.61. The first kappa shape index (κ1) is 21.6. The molecule has 5 aliphatic rings. The molecular formula is C24H30O8. The quantitative estimate of drug-likeness (QED) is 0.275. The van der Waals surface area contributed by atoms with Gasteiger partial charge in [0.1, 0.15) is 11.5 Å². The van der Waals surface area contributed by atoms with Gasteiger partial charge >= 0.3 is 17.9 Å². The Morgan fingerprint density at radius 1 is 1.06 bits per heavy atom. The van der Waals surface area contributed by atoms with Gasteiger partial charge in [0, 0.05) is 30.6 Å². The average Bonchev–Trinajstić information content (AvgIpc) is 3.16. The molecule has 0 aromatic carbocycles. The average molecular weight is 446 g/mol. The van der Waals surface area contributed by atoms with Gasteiger partial charge in [0.25, 0.3) is 0 Å². The van der Waals surface area contributed by atoms with E-state index in [4.69, 9.17) is 18.9 Å². The summed E-state index contributed by atoms with van der Waals surface area (Å²) in [6.45, 7) is 9.07. The van der Waals surface area contributed by atoms with Crippen molar-refractivity contribution in [2.45, 2.75) is 65.3 Å². The SMILES string of the molecule is C=C1C(=O)C23CC1CCC2C1(CCC(OC(C)=O)C2(C)COC(OC(C)=O)C21)COC3=O. The van der Waals surface area contributed by atoms with E-state index in [9.17, 15) is 19.2 Å². The lowest BCUT2D eigenvalue weighted by molar-refractivity contribution is -0.241. The molecule has 8 heteroatoms. The van der Waals surface area contributed by atoms with Crippen LogP contribution in [0.1, 0.15) is 52.9 Å². The summed E-state index contributed by atoms with van der Waals surface area (Å²) in [6.07, 6.45) is 1.79. The van der Waals surface area contributed by atoms with Crippen molar-refractivity contribution in [3.8, 4) is 0 Å². The summed E-state index contributed by atoms with van der Waals surface area (Å²) in [7, 11) is 0. The maximum atomic E-state index is 13.4. The Bertz CT molecular complexity index is 925. The number of ether oxygens (including phenoxy) is 4. The van der Waals surface area contributed by atoms with Crippen LogP contribution in [0.5, 0.6) is 0 Å². The molecule has 2 saturated heterocycles. The molecule has 8 unspecified atom stereocenters. The molecule has 32 heavy (non-hydrogen) atoms. The molecule has 5 rings (SSSR count). The van der Waals surface area contributed by atoms with E-state index in [0.29, 0.717) is 31.3 Å². The van der Waals surface area contributed by atoms with Gasteiger partial charge in [-0.05, 0) is 49.5 Å². The second kappa shape index (κ2) is 6.89. The predicted octanol–water partition coefficient (Wildman–Crippen LogP) is 2.34. The van der Waals surface area contributed by atoms with Crippen LogP contribution in [0, 0.1) is 34.0 Å². The van der Waals surface area contributed by atoms with Crippen LogP contribution in [-0.2, 0) is 38.1 Å². The van der Waals surface area contributed by atoms with Crippen molar-refractivity contribution in [1.29, 1.82) is 0 Å². The first-order valence-corrected chi connectivity index (χ1v) is 11.4. The Hall–Kier alpha value is -2.22. The highest BCUT2D eigenvalue weighted by atomic mass is 16.7. The molecule has 0 radical (unpaired) electrons. The van der Waals surface area contributed by atoms with E-state index in [2.05, 4.69) is 6.58 Å². The van der Waals surface area contributed by atoms with Gasteiger partial charge in [0.2, 0.25) is 6.29 Å². The summed E-state index contributed by atoms with van der Waals surface area (Å²) in [6, 6.07) is 0. The van der Waals surface area contributed by atoms with Crippen LogP contribution < -0.4 is 0 Å². The number of ketones is 1. The fourth-order valence-corrected chi connectivity index (χ4v) is 7.87. The Balaban J connectivity index is 1.63. The first-order chi connectivity index (χ1) is 15.1. The highest BCUT2D eigenvalue weighted by molar-refractivity contribution is 6.15. The number of carbonyl (C=O) groups is 4. The predicted molar refractivity (Wildman–Crippen MR) is 109 cm³/mol. The minimum Gasteiger partial charge on any atom is -0.464 e. The van der Waals surface area contributed by atoms with Gasteiger partial charge in [-0.25, -0.2) is 0 Å². The molecule has 0 aromatic heterocycles. The Labute approximate surface area is 187 Å². The number of Topliss-reactive ketones (excluding diaryl/α,β-unsaturated/α-hetero) is 1. The van der Waals surface area contributed by atoms with Gasteiger partial charge in [-0.15, -0.1) is 0 Å². The zero-order chi connectivity index (χ0) is 23.1. The Morgan fingerprint density at radius 2 is 1.78 bits per heavy atom. The third kappa shape index (κ3) is 2.59. The van der Waals surface area contributed by atoms with E-state index in [1.54, 1.807) is 0 Å². The maximum absolute atomic E-state index is 13.4. The van der Waals surface area contributed by atoms with E-state index in [-0.39, 0.29) is 42.7 Å². The summed E-state index contributed by atoms with van der Waals surface area (Å²) >= 11 is 0. The number of hydrogen-bond acceptors (Lipinski definition) is 8. The number of hydrogen-bond donors (Lipinski definition) is 0. The van der Waals surface area contributed by atoms with E-state index >= 15 is 0 Å². The summed E-state index contributed by atoms with van der Waals surface area (Å²) in [5.41, 5.74) is -1.97. The van der Waals surface area contributed by atoms with Crippen molar-refractivity contribution in [3.63, 3.8) is 0 Å². The lowest BCUT2D eigenvalue weighted by Crippen LogP contribution is -2.66. The van der Waals surface area contributed by atoms with Gasteiger partial charge in [0.15, 0.2) is 5.78 Å². The van der Waals surface area contributed by atoms with Gasteiger partial charge in [-0.2, -0.15) is 0 Å². The van der Waals surface area contributed by atoms with Crippen molar-refractivity contribution in [3.05, 3.63) is 12.2 Å². The third-order valence-electron chi connectivity index (χ3n) is 9.05. The van der Waals surface area contributed by atoms with Crippen LogP contribution in [0.25, 0.3) is 0 Å². The van der Waals surface area contributed by atoms with Crippen LogP contribution in [0.3, 0.4) is 0 Å². The van der Waals surface area contributed by atoms with Gasteiger partial charge in [0.05, 0.1) is 13.2 Å². The molecule has 0 N–H and O–H groups in total. The highest BCUT2D eigenvalue weighted by Crippen LogP contribution is 2.70. The van der Waals surface area contributed by atoms with Crippen molar-refractivity contribution in [1.82, 2.24) is 0 Å². The number of cyclic esters (lactones) is 1. The third-order valence-corrected chi connectivity index (χ3v) is 9.05. The van der Waals surface area contributed by atoms with Crippen molar-refractivity contribution >= 4 is 23.7 Å². The van der Waals surface area contributed by atoms with E-state index in [0.717, 1.165) is 6.42 Å². The van der Waals surface area contributed by atoms with Crippen LogP contribution in [0.4, 0.5) is 0 Å². The summed E-state index contributed by atoms with van der Waals surface area (Å²) in [5, 5.41) is 0. The van der Waals surface area contributed by atoms with Crippen LogP contribution in [0.15, 0.2) is 12.2 Å². The zero-order valence-electron chi connectivity index (χ0n) is 18.8. The minimum atomic E-state index is -1.23. The molecule has 8 nitrogen and oxygen atoms in total. The van der Waals surface area contributed by atoms with Crippen molar-refractivity contribution in [2.24, 2.45) is 34.0 Å². The fraction of sp³-hybridized carbons (Fsp3) is 0.750. The van der Waals surface area contributed by atoms with Crippen molar-refractivity contribution < 1.29 is 38.1 Å². The molecule has 8 atom stereocenters. The standard InChI is InChI=1S/C24H30O8/c1-12-15-5-6-16-23(11-30-21(28)24(16,9-15)19(12)27)8-7-17(31-13(2)25)22(4)10-29-20(18(22)23)32-14(3)26/h15-18,20H,1,5-11H2,2-4H3. The maximum Gasteiger partial charge on any atom is 0.320 e. The topological polar surface area (TPSA) is 105 Å². The molecule has 174 valence electrons. The number of fused-ring (bicyclic) bond motifs is 4. The molecule has 2 heterocycles. The number of esters is 3. The normalized spacial score (nSPS) is 47.0. The molecule has 2 aliphatic heterocycles. The summed E-state index contributed by atoms with van der Waals surface area (Å²) in [4.78, 5) is 50.4.